The third-order valence-electron chi connectivity index (χ3n) is 2.19. The maximum absolute atomic E-state index is 4.34. The minimum absolute atomic E-state index is 0.453. The molecular formula is C11H20N4. The third kappa shape index (κ3) is 3.73. The fourth-order valence-electron chi connectivity index (χ4n) is 1.51. The van der Waals surface area contributed by atoms with Gasteiger partial charge in [-0.25, -0.2) is 4.98 Å². The zero-order valence-corrected chi connectivity index (χ0v) is 9.96. The highest BCUT2D eigenvalue weighted by atomic mass is 15.1. The maximum atomic E-state index is 4.34. The number of anilines is 2. The quantitative estimate of drug-likeness (QED) is 0.780. The van der Waals surface area contributed by atoms with E-state index in [0.717, 1.165) is 17.9 Å². The molecule has 0 spiro atoms. The normalized spacial score (nSPS) is 12.3. The van der Waals surface area contributed by atoms with Crippen molar-refractivity contribution in [1.29, 1.82) is 0 Å². The van der Waals surface area contributed by atoms with Gasteiger partial charge in [-0.2, -0.15) is 4.98 Å². The van der Waals surface area contributed by atoms with Crippen LogP contribution >= 0.6 is 0 Å². The number of nitrogens with zero attached hydrogens (tertiary/aromatic N) is 2. The molecule has 0 radical (unpaired) electrons. The van der Waals surface area contributed by atoms with Crippen LogP contribution in [0.5, 0.6) is 0 Å². The molecule has 4 heteroatoms. The fourth-order valence-corrected chi connectivity index (χ4v) is 1.51. The van der Waals surface area contributed by atoms with Crippen molar-refractivity contribution >= 4 is 11.8 Å². The van der Waals surface area contributed by atoms with Crippen LogP contribution in [-0.4, -0.2) is 23.1 Å². The molecule has 0 fully saturated rings. The van der Waals surface area contributed by atoms with E-state index in [0.29, 0.717) is 12.0 Å². The molecule has 0 aromatic carbocycles. The van der Waals surface area contributed by atoms with Crippen molar-refractivity contribution in [2.75, 3.05) is 17.7 Å². The van der Waals surface area contributed by atoms with Crippen molar-refractivity contribution < 1.29 is 0 Å². The molecule has 0 aliphatic carbocycles. The minimum Gasteiger partial charge on any atom is -0.367 e. The van der Waals surface area contributed by atoms with Gasteiger partial charge in [0.25, 0.3) is 0 Å². The molecule has 1 rings (SSSR count). The predicted octanol–water partition coefficient (Wildman–Crippen LogP) is 2.43. The maximum Gasteiger partial charge on any atom is 0.224 e. The highest BCUT2D eigenvalue weighted by molar-refractivity contribution is 5.42. The summed E-state index contributed by atoms with van der Waals surface area (Å²) in [7, 11) is 1.83. The van der Waals surface area contributed by atoms with Gasteiger partial charge in [-0.1, -0.05) is 13.3 Å². The number of aryl methyl sites for hydroxylation is 1. The largest absolute Gasteiger partial charge is 0.367 e. The second kappa shape index (κ2) is 5.53. The third-order valence-corrected chi connectivity index (χ3v) is 2.19. The molecule has 0 saturated carbocycles. The molecule has 2 N–H and O–H groups in total. The van der Waals surface area contributed by atoms with E-state index < -0.39 is 0 Å². The zero-order chi connectivity index (χ0) is 11.3. The number of nitrogens with one attached hydrogen (secondary N) is 2. The van der Waals surface area contributed by atoms with Crippen molar-refractivity contribution in [3.63, 3.8) is 0 Å². The van der Waals surface area contributed by atoms with Gasteiger partial charge >= 0.3 is 0 Å². The van der Waals surface area contributed by atoms with Gasteiger partial charge in [-0.05, 0) is 20.3 Å². The van der Waals surface area contributed by atoms with Crippen LogP contribution in [0.2, 0.25) is 0 Å². The molecule has 84 valence electrons. The molecule has 15 heavy (non-hydrogen) atoms. The highest BCUT2D eigenvalue weighted by Crippen LogP contribution is 2.11. The summed E-state index contributed by atoms with van der Waals surface area (Å²) in [6.07, 6.45) is 2.33. The Hall–Kier alpha value is -1.32. The summed E-state index contributed by atoms with van der Waals surface area (Å²) in [5.74, 6) is 1.56. The summed E-state index contributed by atoms with van der Waals surface area (Å²) in [6.45, 7) is 6.32. The van der Waals surface area contributed by atoms with Crippen molar-refractivity contribution in [1.82, 2.24) is 9.97 Å². The van der Waals surface area contributed by atoms with Crippen LogP contribution in [0, 0.1) is 6.92 Å². The SMILES string of the molecule is CCCC(C)Nc1cc(C)nc(NC)n1. The Bertz CT molecular complexity index is 311. The molecular weight excluding hydrogens is 188 g/mol. The molecule has 4 nitrogen and oxygen atoms in total. The van der Waals surface area contributed by atoms with Gasteiger partial charge in [0.1, 0.15) is 5.82 Å². The first-order valence-corrected chi connectivity index (χ1v) is 5.45. The Morgan fingerprint density at radius 1 is 1.40 bits per heavy atom. The smallest absolute Gasteiger partial charge is 0.224 e. The summed E-state index contributed by atoms with van der Waals surface area (Å²) in [5, 5.41) is 6.32. The second-order valence-electron chi connectivity index (χ2n) is 3.80. The van der Waals surface area contributed by atoms with Gasteiger partial charge in [-0.15, -0.1) is 0 Å². The monoisotopic (exact) mass is 208 g/mol. The second-order valence-corrected chi connectivity index (χ2v) is 3.80. The first-order chi connectivity index (χ1) is 7.15. The van der Waals surface area contributed by atoms with E-state index in [-0.39, 0.29) is 0 Å². The van der Waals surface area contributed by atoms with E-state index in [1.165, 1.54) is 6.42 Å². The molecule has 0 aliphatic heterocycles. The molecule has 1 unspecified atom stereocenters. The van der Waals surface area contributed by atoms with E-state index in [1.54, 1.807) is 0 Å². The van der Waals surface area contributed by atoms with Crippen LogP contribution in [0.15, 0.2) is 6.07 Å². The lowest BCUT2D eigenvalue weighted by atomic mass is 10.2. The van der Waals surface area contributed by atoms with Gasteiger partial charge in [-0.3, -0.25) is 0 Å². The first kappa shape index (κ1) is 11.8. The molecule has 0 saturated heterocycles. The number of rotatable bonds is 5. The van der Waals surface area contributed by atoms with Crippen LogP contribution in [0.3, 0.4) is 0 Å². The molecule has 0 amide bonds. The van der Waals surface area contributed by atoms with Gasteiger partial charge in [0.2, 0.25) is 5.95 Å². The summed E-state index contributed by atoms with van der Waals surface area (Å²) in [6, 6.07) is 2.42. The molecule has 1 aromatic heterocycles. The number of hydrogen-bond acceptors (Lipinski definition) is 4. The van der Waals surface area contributed by atoms with Gasteiger partial charge in [0.15, 0.2) is 0 Å². The summed E-state index contributed by atoms with van der Waals surface area (Å²) < 4.78 is 0. The van der Waals surface area contributed by atoms with Crippen LogP contribution in [0.4, 0.5) is 11.8 Å². The Balaban J connectivity index is 2.71. The molecule has 1 heterocycles. The lowest BCUT2D eigenvalue weighted by Crippen LogP contribution is -2.16. The topological polar surface area (TPSA) is 49.8 Å². The molecule has 0 aliphatic rings. The standard InChI is InChI=1S/C11H20N4/c1-5-6-8(2)13-10-7-9(3)14-11(12-4)15-10/h7-8H,5-6H2,1-4H3,(H2,12,13,14,15). The van der Waals surface area contributed by atoms with Crippen molar-refractivity contribution in [3.05, 3.63) is 11.8 Å². The summed E-state index contributed by atoms with van der Waals surface area (Å²) in [4.78, 5) is 8.58. The number of aromatic nitrogens is 2. The average molecular weight is 208 g/mol. The first-order valence-electron chi connectivity index (χ1n) is 5.45. The van der Waals surface area contributed by atoms with Crippen LogP contribution in [0.1, 0.15) is 32.4 Å². The molecule has 1 aromatic rings. The Morgan fingerprint density at radius 2 is 2.13 bits per heavy atom. The zero-order valence-electron chi connectivity index (χ0n) is 9.96. The summed E-state index contributed by atoms with van der Waals surface area (Å²) >= 11 is 0. The average Bonchev–Trinajstić information content (AvgIpc) is 2.17. The van der Waals surface area contributed by atoms with Crippen molar-refractivity contribution in [3.8, 4) is 0 Å². The van der Waals surface area contributed by atoms with Gasteiger partial charge in [0, 0.05) is 24.8 Å². The van der Waals surface area contributed by atoms with Crippen LogP contribution in [-0.2, 0) is 0 Å². The minimum atomic E-state index is 0.453. The van der Waals surface area contributed by atoms with Crippen molar-refractivity contribution in [2.24, 2.45) is 0 Å². The lowest BCUT2D eigenvalue weighted by molar-refractivity contribution is 0.687. The van der Waals surface area contributed by atoms with E-state index >= 15 is 0 Å². The summed E-state index contributed by atoms with van der Waals surface area (Å²) in [5.41, 5.74) is 0.973. The fraction of sp³-hybridized carbons (Fsp3) is 0.636. The van der Waals surface area contributed by atoms with Gasteiger partial charge in [0.05, 0.1) is 0 Å². The number of hydrogen-bond donors (Lipinski definition) is 2. The Morgan fingerprint density at radius 3 is 2.73 bits per heavy atom. The van der Waals surface area contributed by atoms with E-state index in [2.05, 4.69) is 34.4 Å². The van der Waals surface area contributed by atoms with E-state index in [4.69, 9.17) is 0 Å². The van der Waals surface area contributed by atoms with E-state index in [1.807, 2.05) is 20.0 Å². The van der Waals surface area contributed by atoms with Gasteiger partial charge < -0.3 is 10.6 Å². The van der Waals surface area contributed by atoms with Crippen LogP contribution < -0.4 is 10.6 Å². The molecule has 0 bridgehead atoms. The Kier molecular flexibility index (Phi) is 4.34. The van der Waals surface area contributed by atoms with Crippen molar-refractivity contribution in [2.45, 2.75) is 39.7 Å². The van der Waals surface area contributed by atoms with E-state index in [9.17, 15) is 0 Å². The predicted molar refractivity (Wildman–Crippen MR) is 64.3 cm³/mol. The molecule has 1 atom stereocenters. The highest BCUT2D eigenvalue weighted by Gasteiger charge is 2.04. The lowest BCUT2D eigenvalue weighted by Gasteiger charge is -2.14. The Labute approximate surface area is 91.5 Å². The van der Waals surface area contributed by atoms with Crippen LogP contribution in [0.25, 0.3) is 0 Å².